The second-order valence-corrected chi connectivity index (χ2v) is 3.67. The van der Waals surface area contributed by atoms with E-state index in [1.807, 2.05) is 19.1 Å². The summed E-state index contributed by atoms with van der Waals surface area (Å²) in [6, 6.07) is 6.86. The molecular formula is C12H14ClF. The first-order valence-corrected chi connectivity index (χ1v) is 5.22. The lowest BCUT2D eigenvalue weighted by Gasteiger charge is -2.02. The molecule has 1 aromatic rings. The summed E-state index contributed by atoms with van der Waals surface area (Å²) in [6.07, 6.45) is 3.57. The molecule has 0 saturated carbocycles. The van der Waals surface area contributed by atoms with E-state index in [1.54, 1.807) is 6.07 Å². The lowest BCUT2D eigenvalue weighted by atomic mass is 10.1. The van der Waals surface area contributed by atoms with E-state index in [1.165, 1.54) is 6.07 Å². The third-order valence-corrected chi connectivity index (χ3v) is 2.25. The topological polar surface area (TPSA) is 0 Å². The maximum absolute atomic E-state index is 13.2. The van der Waals surface area contributed by atoms with Gasteiger partial charge in [0.05, 0.1) is 0 Å². The molecule has 0 amide bonds. The van der Waals surface area contributed by atoms with E-state index in [2.05, 4.69) is 6.08 Å². The zero-order valence-electron chi connectivity index (χ0n) is 8.26. The quantitative estimate of drug-likeness (QED) is 0.524. The van der Waals surface area contributed by atoms with Gasteiger partial charge in [-0.15, -0.1) is 11.6 Å². The van der Waals surface area contributed by atoms with Gasteiger partial charge in [0.25, 0.3) is 0 Å². The summed E-state index contributed by atoms with van der Waals surface area (Å²) in [5.74, 6) is 0.486. The minimum Gasteiger partial charge on any atom is -0.207 e. The summed E-state index contributed by atoms with van der Waals surface area (Å²) >= 11 is 5.56. The monoisotopic (exact) mass is 212 g/mol. The Kier molecular flexibility index (Phi) is 4.68. The molecular weight excluding hydrogens is 199 g/mol. The van der Waals surface area contributed by atoms with E-state index < -0.39 is 0 Å². The molecule has 0 fully saturated rings. The molecule has 76 valence electrons. The van der Waals surface area contributed by atoms with Gasteiger partial charge in [0.2, 0.25) is 0 Å². The number of halogens is 2. The van der Waals surface area contributed by atoms with E-state index in [0.717, 1.165) is 17.6 Å². The molecule has 0 aliphatic carbocycles. The first-order valence-electron chi connectivity index (χ1n) is 4.69. The van der Waals surface area contributed by atoms with Gasteiger partial charge < -0.3 is 0 Å². The van der Waals surface area contributed by atoms with Gasteiger partial charge in [0.15, 0.2) is 0 Å². The molecule has 1 rings (SSSR count). The lowest BCUT2D eigenvalue weighted by molar-refractivity contribution is 0.613. The first-order chi connectivity index (χ1) is 6.74. The van der Waals surface area contributed by atoms with Crippen LogP contribution in [0.4, 0.5) is 4.39 Å². The number of benzene rings is 1. The highest BCUT2D eigenvalue weighted by molar-refractivity contribution is 6.17. The van der Waals surface area contributed by atoms with Gasteiger partial charge in [-0.05, 0) is 31.4 Å². The van der Waals surface area contributed by atoms with Gasteiger partial charge in [0, 0.05) is 5.88 Å². The fourth-order valence-corrected chi connectivity index (χ4v) is 1.42. The van der Waals surface area contributed by atoms with E-state index in [-0.39, 0.29) is 5.82 Å². The molecule has 0 N–H and O–H groups in total. The second kappa shape index (κ2) is 5.82. The average Bonchev–Trinajstić information content (AvgIpc) is 2.18. The average molecular weight is 213 g/mol. The van der Waals surface area contributed by atoms with Crippen molar-refractivity contribution in [3.8, 4) is 0 Å². The van der Waals surface area contributed by atoms with Crippen molar-refractivity contribution in [3.05, 3.63) is 47.3 Å². The summed E-state index contributed by atoms with van der Waals surface area (Å²) in [5.41, 5.74) is 1.91. The van der Waals surface area contributed by atoms with Gasteiger partial charge in [0.1, 0.15) is 5.82 Å². The van der Waals surface area contributed by atoms with Crippen LogP contribution in [0.15, 0.2) is 35.9 Å². The Hall–Kier alpha value is -0.820. The summed E-state index contributed by atoms with van der Waals surface area (Å²) in [6.45, 7) is 2.00. The van der Waals surface area contributed by atoms with E-state index >= 15 is 0 Å². The summed E-state index contributed by atoms with van der Waals surface area (Å²) < 4.78 is 13.2. The third kappa shape index (κ3) is 3.51. The van der Waals surface area contributed by atoms with Crippen LogP contribution >= 0.6 is 11.6 Å². The third-order valence-electron chi connectivity index (χ3n) is 2.03. The molecule has 0 nitrogen and oxygen atoms in total. The molecule has 2 heteroatoms. The summed E-state index contributed by atoms with van der Waals surface area (Å²) in [5, 5.41) is 0. The van der Waals surface area contributed by atoms with E-state index in [9.17, 15) is 4.39 Å². The van der Waals surface area contributed by atoms with Gasteiger partial charge in [-0.1, -0.05) is 29.8 Å². The Labute approximate surface area is 89.4 Å². The highest BCUT2D eigenvalue weighted by Crippen LogP contribution is 2.12. The van der Waals surface area contributed by atoms with Crippen LogP contribution in [0.25, 0.3) is 0 Å². The van der Waals surface area contributed by atoms with Crippen LogP contribution in [0.5, 0.6) is 0 Å². The summed E-state index contributed by atoms with van der Waals surface area (Å²) in [4.78, 5) is 0. The summed E-state index contributed by atoms with van der Waals surface area (Å²) in [7, 11) is 0. The number of allylic oxidation sites excluding steroid dienone is 2. The number of rotatable bonds is 4. The van der Waals surface area contributed by atoms with Crippen molar-refractivity contribution in [2.75, 3.05) is 5.88 Å². The Morgan fingerprint density at radius 1 is 1.43 bits per heavy atom. The van der Waals surface area contributed by atoms with Gasteiger partial charge in [-0.25, -0.2) is 4.39 Å². The fraction of sp³-hybridized carbons (Fsp3) is 0.333. The largest absolute Gasteiger partial charge is 0.207 e. The molecule has 0 spiro atoms. The lowest BCUT2D eigenvalue weighted by Crippen LogP contribution is -1.91. The predicted octanol–water partition coefficient (Wildman–Crippen LogP) is 3.94. The standard InChI is InChI=1S/C12H14ClF/c1-10(5-4-8-13)9-11-6-2-3-7-12(11)14/h2-3,5-7H,4,8-9H2,1H3. The van der Waals surface area contributed by atoms with Crippen LogP contribution in [-0.2, 0) is 6.42 Å². The second-order valence-electron chi connectivity index (χ2n) is 3.30. The number of hydrogen-bond donors (Lipinski definition) is 0. The van der Waals surface area contributed by atoms with Crippen molar-refractivity contribution < 1.29 is 4.39 Å². The van der Waals surface area contributed by atoms with Crippen molar-refractivity contribution in [2.45, 2.75) is 19.8 Å². The molecule has 0 heterocycles. The Morgan fingerprint density at radius 3 is 2.79 bits per heavy atom. The van der Waals surface area contributed by atoms with Crippen LogP contribution in [0.2, 0.25) is 0 Å². The molecule has 0 bridgehead atoms. The van der Waals surface area contributed by atoms with Crippen LogP contribution in [0.1, 0.15) is 18.9 Å². The van der Waals surface area contributed by atoms with Crippen LogP contribution < -0.4 is 0 Å². The Bertz CT molecular complexity index is 318. The maximum atomic E-state index is 13.2. The van der Waals surface area contributed by atoms with Crippen molar-refractivity contribution in [2.24, 2.45) is 0 Å². The molecule has 1 aromatic carbocycles. The van der Waals surface area contributed by atoms with Crippen molar-refractivity contribution >= 4 is 11.6 Å². The van der Waals surface area contributed by atoms with E-state index in [4.69, 9.17) is 11.6 Å². The van der Waals surface area contributed by atoms with Gasteiger partial charge in [-0.3, -0.25) is 0 Å². The van der Waals surface area contributed by atoms with E-state index in [0.29, 0.717) is 12.3 Å². The minimum atomic E-state index is -0.133. The fourth-order valence-electron chi connectivity index (χ4n) is 1.32. The number of hydrogen-bond acceptors (Lipinski definition) is 0. The molecule has 0 unspecified atom stereocenters. The molecule has 0 saturated heterocycles. The van der Waals surface area contributed by atoms with Crippen molar-refractivity contribution in [3.63, 3.8) is 0 Å². The van der Waals surface area contributed by atoms with Gasteiger partial charge >= 0.3 is 0 Å². The predicted molar refractivity (Wildman–Crippen MR) is 59.2 cm³/mol. The van der Waals surface area contributed by atoms with Crippen LogP contribution in [-0.4, -0.2) is 5.88 Å². The van der Waals surface area contributed by atoms with Crippen molar-refractivity contribution in [1.29, 1.82) is 0 Å². The minimum absolute atomic E-state index is 0.133. The molecule has 0 atom stereocenters. The number of alkyl halides is 1. The zero-order valence-corrected chi connectivity index (χ0v) is 9.02. The zero-order chi connectivity index (χ0) is 10.4. The first kappa shape index (κ1) is 11.3. The molecule has 0 aliphatic heterocycles. The van der Waals surface area contributed by atoms with Gasteiger partial charge in [-0.2, -0.15) is 0 Å². The molecule has 14 heavy (non-hydrogen) atoms. The molecule has 0 aromatic heterocycles. The Balaban J connectivity index is 2.64. The molecule has 0 aliphatic rings. The molecule has 0 radical (unpaired) electrons. The smallest absolute Gasteiger partial charge is 0.126 e. The maximum Gasteiger partial charge on any atom is 0.126 e. The highest BCUT2D eigenvalue weighted by Gasteiger charge is 2.00. The van der Waals surface area contributed by atoms with Crippen LogP contribution in [0, 0.1) is 5.82 Å². The normalized spacial score (nSPS) is 11.8. The SMILES string of the molecule is CC(=CCCCl)Cc1ccccc1F. The highest BCUT2D eigenvalue weighted by atomic mass is 35.5. The van der Waals surface area contributed by atoms with Crippen molar-refractivity contribution in [1.82, 2.24) is 0 Å². The van der Waals surface area contributed by atoms with Crippen LogP contribution in [0.3, 0.4) is 0 Å². The Morgan fingerprint density at radius 2 is 2.14 bits per heavy atom.